The van der Waals surface area contributed by atoms with Crippen molar-refractivity contribution in [2.75, 3.05) is 20.3 Å². The maximum Gasteiger partial charge on any atom is 0.328 e. The zero-order chi connectivity index (χ0) is 15.7. The number of carbonyl (C=O) groups is 2. The summed E-state index contributed by atoms with van der Waals surface area (Å²) in [6, 6.07) is 5.51. The van der Waals surface area contributed by atoms with Gasteiger partial charge in [-0.05, 0) is 30.7 Å². The number of hydrogen-bond acceptors (Lipinski definition) is 4. The Hall–Kier alpha value is -2.08. The van der Waals surface area contributed by atoms with E-state index in [-0.39, 0.29) is 6.61 Å². The van der Waals surface area contributed by atoms with Crippen LogP contribution in [0.5, 0.6) is 5.75 Å². The summed E-state index contributed by atoms with van der Waals surface area (Å²) in [5.74, 6) is -0.907. The zero-order valence-corrected chi connectivity index (χ0v) is 12.3. The number of carboxylic acids is 1. The average molecular weight is 295 g/mol. The van der Waals surface area contributed by atoms with Gasteiger partial charge in [-0.2, -0.15) is 0 Å². The third kappa shape index (κ3) is 5.83. The van der Waals surface area contributed by atoms with E-state index in [9.17, 15) is 9.59 Å². The molecule has 0 saturated heterocycles. The molecule has 21 heavy (non-hydrogen) atoms. The van der Waals surface area contributed by atoms with E-state index in [1.165, 1.54) is 7.11 Å². The molecule has 1 amide bonds. The number of ether oxygens (including phenoxy) is 2. The summed E-state index contributed by atoms with van der Waals surface area (Å²) in [4.78, 5) is 22.9. The highest BCUT2D eigenvalue weighted by Gasteiger charge is 2.20. The van der Waals surface area contributed by atoms with Crippen LogP contribution in [0.2, 0.25) is 0 Å². The van der Waals surface area contributed by atoms with Crippen LogP contribution < -0.4 is 10.1 Å². The summed E-state index contributed by atoms with van der Waals surface area (Å²) in [6.07, 6.45) is 2.02. The zero-order valence-electron chi connectivity index (χ0n) is 12.3. The van der Waals surface area contributed by atoms with Gasteiger partial charge in [-0.15, -0.1) is 0 Å². The molecule has 1 unspecified atom stereocenters. The molecule has 0 bridgehead atoms. The summed E-state index contributed by atoms with van der Waals surface area (Å²) in [7, 11) is 1.38. The number of rotatable bonds is 9. The van der Waals surface area contributed by atoms with Gasteiger partial charge in [0.25, 0.3) is 5.91 Å². The molecule has 0 aliphatic heterocycles. The summed E-state index contributed by atoms with van der Waals surface area (Å²) >= 11 is 0. The third-order valence-electron chi connectivity index (χ3n) is 2.82. The van der Waals surface area contributed by atoms with Crippen LogP contribution in [0.15, 0.2) is 24.3 Å². The number of methoxy groups -OCH3 is 1. The van der Waals surface area contributed by atoms with Crippen molar-refractivity contribution in [1.82, 2.24) is 5.32 Å². The summed E-state index contributed by atoms with van der Waals surface area (Å²) in [6.45, 7) is 2.63. The first-order chi connectivity index (χ1) is 10.1. The minimum atomic E-state index is -1.13. The van der Waals surface area contributed by atoms with Crippen molar-refractivity contribution in [2.45, 2.75) is 25.8 Å². The Morgan fingerprint density at radius 2 is 1.95 bits per heavy atom. The van der Waals surface area contributed by atoms with E-state index in [1.54, 1.807) is 24.3 Å². The predicted octanol–water partition coefficient (Wildman–Crippen LogP) is 1.69. The Balaban J connectivity index is 2.59. The van der Waals surface area contributed by atoms with E-state index in [0.717, 1.165) is 12.8 Å². The Bertz CT molecular complexity index is 458. The molecular weight excluding hydrogens is 274 g/mol. The normalized spacial score (nSPS) is 11.7. The number of nitrogens with one attached hydrogen (secondary N) is 1. The van der Waals surface area contributed by atoms with Gasteiger partial charge in [-0.25, -0.2) is 4.79 Å². The van der Waals surface area contributed by atoms with Crippen molar-refractivity contribution in [3.8, 4) is 5.75 Å². The van der Waals surface area contributed by atoms with Crippen molar-refractivity contribution < 1.29 is 24.2 Å². The predicted molar refractivity (Wildman–Crippen MR) is 77.6 cm³/mol. The molecule has 0 spiro atoms. The van der Waals surface area contributed by atoms with Crippen LogP contribution in [-0.2, 0) is 9.53 Å². The second kappa shape index (κ2) is 8.97. The van der Waals surface area contributed by atoms with Crippen LogP contribution in [0.1, 0.15) is 30.1 Å². The summed E-state index contributed by atoms with van der Waals surface area (Å²) in [5, 5.41) is 11.4. The molecule has 0 fully saturated rings. The fourth-order valence-electron chi connectivity index (χ4n) is 1.62. The van der Waals surface area contributed by atoms with Gasteiger partial charge in [0.1, 0.15) is 5.75 Å². The number of aliphatic carboxylic acids is 1. The van der Waals surface area contributed by atoms with Gasteiger partial charge < -0.3 is 19.9 Å². The second-order valence-electron chi connectivity index (χ2n) is 4.55. The maximum atomic E-state index is 11.9. The fourth-order valence-corrected chi connectivity index (χ4v) is 1.62. The molecule has 6 nitrogen and oxygen atoms in total. The molecular formula is C15H21NO5. The molecule has 0 aliphatic rings. The first-order valence-corrected chi connectivity index (χ1v) is 6.84. The van der Waals surface area contributed by atoms with Crippen molar-refractivity contribution in [3.05, 3.63) is 29.8 Å². The molecule has 1 atom stereocenters. The van der Waals surface area contributed by atoms with Gasteiger partial charge in [-0.1, -0.05) is 13.3 Å². The second-order valence-corrected chi connectivity index (χ2v) is 4.55. The Labute approximate surface area is 124 Å². The number of hydrogen-bond donors (Lipinski definition) is 2. The maximum absolute atomic E-state index is 11.9. The van der Waals surface area contributed by atoms with E-state index >= 15 is 0 Å². The number of unbranched alkanes of at least 4 members (excludes halogenated alkanes) is 1. The molecule has 0 radical (unpaired) electrons. The van der Waals surface area contributed by atoms with Gasteiger partial charge in [0, 0.05) is 12.7 Å². The monoisotopic (exact) mass is 295 g/mol. The smallest absolute Gasteiger partial charge is 0.328 e. The van der Waals surface area contributed by atoms with Gasteiger partial charge >= 0.3 is 5.97 Å². The quantitative estimate of drug-likeness (QED) is 0.677. The van der Waals surface area contributed by atoms with Crippen LogP contribution >= 0.6 is 0 Å². The molecule has 1 rings (SSSR count). The van der Waals surface area contributed by atoms with Gasteiger partial charge in [0.05, 0.1) is 13.2 Å². The standard InChI is InChI=1S/C15H21NO5/c1-3-4-9-21-12-7-5-11(6-8-12)14(17)16-13(10-20-2)15(18)19/h5-8,13H,3-4,9-10H2,1-2H3,(H,16,17)(H,18,19). The van der Waals surface area contributed by atoms with E-state index in [1.807, 2.05) is 0 Å². The molecule has 1 aromatic carbocycles. The lowest BCUT2D eigenvalue weighted by Gasteiger charge is -2.13. The number of carboxylic acid groups (broad SMARTS) is 1. The van der Waals surface area contributed by atoms with E-state index in [2.05, 4.69) is 12.2 Å². The van der Waals surface area contributed by atoms with Crippen molar-refractivity contribution >= 4 is 11.9 Å². The highest BCUT2D eigenvalue weighted by atomic mass is 16.5. The SMILES string of the molecule is CCCCOc1ccc(C(=O)NC(COC)C(=O)O)cc1. The van der Waals surface area contributed by atoms with Crippen LogP contribution in [0, 0.1) is 0 Å². The van der Waals surface area contributed by atoms with Crippen LogP contribution in [0.25, 0.3) is 0 Å². The lowest BCUT2D eigenvalue weighted by Crippen LogP contribution is -2.43. The number of benzene rings is 1. The third-order valence-corrected chi connectivity index (χ3v) is 2.82. The minimum Gasteiger partial charge on any atom is -0.494 e. The van der Waals surface area contributed by atoms with Crippen LogP contribution in [0.3, 0.4) is 0 Å². The molecule has 116 valence electrons. The lowest BCUT2D eigenvalue weighted by atomic mass is 10.2. The molecule has 0 saturated carbocycles. The van der Waals surface area contributed by atoms with Crippen LogP contribution in [0.4, 0.5) is 0 Å². The molecule has 0 heterocycles. The Morgan fingerprint density at radius 3 is 2.48 bits per heavy atom. The minimum absolute atomic E-state index is 0.0840. The van der Waals surface area contributed by atoms with E-state index < -0.39 is 17.9 Å². The van der Waals surface area contributed by atoms with Gasteiger partial charge in [0.15, 0.2) is 6.04 Å². The topological polar surface area (TPSA) is 84.9 Å². The fraction of sp³-hybridized carbons (Fsp3) is 0.467. The van der Waals surface area contributed by atoms with Crippen LogP contribution in [-0.4, -0.2) is 43.3 Å². The highest BCUT2D eigenvalue weighted by molar-refractivity contribution is 5.96. The Morgan fingerprint density at radius 1 is 1.29 bits per heavy atom. The van der Waals surface area contributed by atoms with Crippen molar-refractivity contribution in [3.63, 3.8) is 0 Å². The van der Waals surface area contributed by atoms with E-state index in [0.29, 0.717) is 17.9 Å². The van der Waals surface area contributed by atoms with Crippen molar-refractivity contribution in [1.29, 1.82) is 0 Å². The van der Waals surface area contributed by atoms with Gasteiger partial charge in [0.2, 0.25) is 0 Å². The molecule has 2 N–H and O–H groups in total. The average Bonchev–Trinajstić information content (AvgIpc) is 2.47. The molecule has 0 aromatic heterocycles. The van der Waals surface area contributed by atoms with Gasteiger partial charge in [-0.3, -0.25) is 4.79 Å². The highest BCUT2D eigenvalue weighted by Crippen LogP contribution is 2.12. The summed E-state index contributed by atoms with van der Waals surface area (Å²) < 4.78 is 10.3. The first-order valence-electron chi connectivity index (χ1n) is 6.84. The van der Waals surface area contributed by atoms with E-state index in [4.69, 9.17) is 14.6 Å². The first kappa shape index (κ1) is 17.0. The molecule has 6 heteroatoms. The molecule has 1 aromatic rings. The number of amides is 1. The van der Waals surface area contributed by atoms with Crippen molar-refractivity contribution in [2.24, 2.45) is 0 Å². The Kier molecular flexibility index (Phi) is 7.25. The summed E-state index contributed by atoms with van der Waals surface area (Å²) in [5.41, 5.74) is 0.375. The largest absolute Gasteiger partial charge is 0.494 e. The number of carbonyl (C=O) groups excluding carboxylic acids is 1. The lowest BCUT2D eigenvalue weighted by molar-refractivity contribution is -0.140. The molecule has 0 aliphatic carbocycles.